The van der Waals surface area contributed by atoms with Crippen LogP contribution in [-0.2, 0) is 6.54 Å². The summed E-state index contributed by atoms with van der Waals surface area (Å²) in [6.45, 7) is 0.446. The van der Waals surface area contributed by atoms with Crippen molar-refractivity contribution in [3.63, 3.8) is 0 Å². The third kappa shape index (κ3) is 2.03. The molecule has 0 aliphatic heterocycles. The van der Waals surface area contributed by atoms with Crippen molar-refractivity contribution in [1.82, 2.24) is 9.55 Å². The summed E-state index contributed by atoms with van der Waals surface area (Å²) in [6.07, 6.45) is 1.90. The Morgan fingerprint density at radius 3 is 2.95 bits per heavy atom. The minimum absolute atomic E-state index is 0.257. The van der Waals surface area contributed by atoms with Gasteiger partial charge in [-0.25, -0.2) is 9.37 Å². The summed E-state index contributed by atoms with van der Waals surface area (Å²) >= 11 is 0. The van der Waals surface area contributed by atoms with Gasteiger partial charge in [-0.3, -0.25) is 0 Å². The second-order valence-corrected chi connectivity index (χ2v) is 4.98. The second-order valence-electron chi connectivity index (χ2n) is 4.98. The molecular weight excluding hydrogens is 269 g/mol. The van der Waals surface area contributed by atoms with Crippen LogP contribution < -0.4 is 5.73 Å². The van der Waals surface area contributed by atoms with Crippen molar-refractivity contribution < 1.29 is 8.81 Å². The minimum atomic E-state index is -0.257. The topological polar surface area (TPSA) is 57.0 Å². The zero-order valence-electron chi connectivity index (χ0n) is 11.1. The molecule has 5 heteroatoms. The molecule has 4 nitrogen and oxygen atoms in total. The average molecular weight is 281 g/mol. The summed E-state index contributed by atoms with van der Waals surface area (Å²) in [7, 11) is 0. The maximum atomic E-state index is 13.4. The van der Waals surface area contributed by atoms with E-state index in [0.717, 1.165) is 16.4 Å². The van der Waals surface area contributed by atoms with E-state index in [0.29, 0.717) is 23.7 Å². The lowest BCUT2D eigenvalue weighted by Crippen LogP contribution is -1.98. The highest BCUT2D eigenvalue weighted by Crippen LogP contribution is 2.21. The summed E-state index contributed by atoms with van der Waals surface area (Å²) in [5.41, 5.74) is 8.62. The fourth-order valence-corrected chi connectivity index (χ4v) is 2.50. The van der Waals surface area contributed by atoms with Gasteiger partial charge in [0.15, 0.2) is 5.58 Å². The zero-order valence-corrected chi connectivity index (χ0v) is 11.1. The molecule has 2 N–H and O–H groups in total. The number of hydrogen-bond donors (Lipinski definition) is 1. The predicted octanol–water partition coefficient (Wildman–Crippen LogP) is 3.55. The predicted molar refractivity (Wildman–Crippen MR) is 79.4 cm³/mol. The van der Waals surface area contributed by atoms with Crippen molar-refractivity contribution in [3.8, 4) is 0 Å². The molecule has 21 heavy (non-hydrogen) atoms. The van der Waals surface area contributed by atoms with Gasteiger partial charge < -0.3 is 14.7 Å². The van der Waals surface area contributed by atoms with Crippen molar-refractivity contribution in [2.75, 3.05) is 5.73 Å². The summed E-state index contributed by atoms with van der Waals surface area (Å²) in [5, 5.41) is 0.983. The summed E-state index contributed by atoms with van der Waals surface area (Å²) in [6, 6.07) is 12.0. The Kier molecular flexibility index (Phi) is 2.47. The molecule has 0 aliphatic rings. The number of nitrogens with zero attached hydrogens (tertiary/aromatic N) is 2. The average Bonchev–Trinajstić information content (AvgIpc) is 3.02. The van der Waals surface area contributed by atoms with Gasteiger partial charge in [-0.05, 0) is 47.9 Å². The van der Waals surface area contributed by atoms with E-state index in [1.165, 1.54) is 12.1 Å². The molecule has 2 aromatic carbocycles. The molecular formula is C16H12FN3O. The van der Waals surface area contributed by atoms with Gasteiger partial charge in [0.2, 0.25) is 5.89 Å². The van der Waals surface area contributed by atoms with Gasteiger partial charge in [-0.1, -0.05) is 0 Å². The standard InChI is InChI=1S/C16H12FN3O/c17-11-2-1-10-5-6-20(14(10)7-11)9-16-19-13-8-12(18)3-4-15(13)21-16/h1-8H,9,18H2. The van der Waals surface area contributed by atoms with Crippen LogP contribution in [0.1, 0.15) is 5.89 Å². The van der Waals surface area contributed by atoms with Gasteiger partial charge in [0.1, 0.15) is 11.3 Å². The van der Waals surface area contributed by atoms with Crippen LogP contribution in [0.25, 0.3) is 22.0 Å². The highest BCUT2D eigenvalue weighted by molar-refractivity contribution is 5.80. The van der Waals surface area contributed by atoms with Crippen molar-refractivity contribution in [2.24, 2.45) is 0 Å². The first-order valence-corrected chi connectivity index (χ1v) is 6.58. The van der Waals surface area contributed by atoms with E-state index >= 15 is 0 Å². The molecule has 4 aromatic rings. The lowest BCUT2D eigenvalue weighted by Gasteiger charge is -2.01. The molecule has 0 unspecified atom stereocenters. The van der Waals surface area contributed by atoms with Crippen LogP contribution in [0.4, 0.5) is 10.1 Å². The lowest BCUT2D eigenvalue weighted by atomic mass is 10.2. The first-order chi connectivity index (χ1) is 10.2. The summed E-state index contributed by atoms with van der Waals surface area (Å²) in [5.74, 6) is 0.310. The second kappa shape index (κ2) is 4.34. The number of aromatic nitrogens is 2. The molecule has 0 atom stereocenters. The van der Waals surface area contributed by atoms with Crippen LogP contribution in [-0.4, -0.2) is 9.55 Å². The number of benzene rings is 2. The van der Waals surface area contributed by atoms with E-state index in [9.17, 15) is 4.39 Å². The Balaban J connectivity index is 1.77. The molecule has 0 amide bonds. The maximum Gasteiger partial charge on any atom is 0.215 e. The number of anilines is 1. The Morgan fingerprint density at radius 1 is 1.14 bits per heavy atom. The van der Waals surface area contributed by atoms with Crippen LogP contribution in [0.15, 0.2) is 53.1 Å². The summed E-state index contributed by atoms with van der Waals surface area (Å²) < 4.78 is 21.0. The quantitative estimate of drug-likeness (QED) is 0.572. The fourth-order valence-electron chi connectivity index (χ4n) is 2.50. The van der Waals surface area contributed by atoms with Gasteiger partial charge in [0.05, 0.1) is 12.1 Å². The van der Waals surface area contributed by atoms with Crippen molar-refractivity contribution in [3.05, 3.63) is 60.4 Å². The molecule has 0 bridgehead atoms. The fraction of sp³-hybridized carbons (Fsp3) is 0.0625. The largest absolute Gasteiger partial charge is 0.439 e. The van der Waals surface area contributed by atoms with E-state index in [1.807, 2.05) is 16.8 Å². The smallest absolute Gasteiger partial charge is 0.215 e. The molecule has 2 aromatic heterocycles. The number of fused-ring (bicyclic) bond motifs is 2. The number of hydrogen-bond acceptors (Lipinski definition) is 3. The first kappa shape index (κ1) is 12.0. The Morgan fingerprint density at radius 2 is 2.05 bits per heavy atom. The molecule has 0 aliphatic carbocycles. The first-order valence-electron chi connectivity index (χ1n) is 6.58. The zero-order chi connectivity index (χ0) is 14.4. The normalized spacial score (nSPS) is 11.5. The van der Waals surface area contributed by atoms with E-state index in [1.54, 1.807) is 24.3 Å². The number of nitrogen functional groups attached to an aromatic ring is 1. The SMILES string of the molecule is Nc1ccc2oc(Cn3ccc4ccc(F)cc43)nc2c1. The van der Waals surface area contributed by atoms with Crippen LogP contribution >= 0.6 is 0 Å². The third-order valence-corrected chi connectivity index (χ3v) is 3.50. The highest BCUT2D eigenvalue weighted by Gasteiger charge is 2.09. The number of halogens is 1. The molecule has 0 fully saturated rings. The van der Waals surface area contributed by atoms with Gasteiger partial charge in [-0.2, -0.15) is 0 Å². The Bertz CT molecular complexity index is 955. The number of nitrogens with two attached hydrogens (primary N) is 1. The van der Waals surface area contributed by atoms with Gasteiger partial charge in [-0.15, -0.1) is 0 Å². The molecule has 4 rings (SSSR count). The van der Waals surface area contributed by atoms with E-state index in [4.69, 9.17) is 10.2 Å². The Hall–Kier alpha value is -2.82. The third-order valence-electron chi connectivity index (χ3n) is 3.50. The molecule has 0 spiro atoms. The van der Waals surface area contributed by atoms with Crippen LogP contribution in [0.2, 0.25) is 0 Å². The van der Waals surface area contributed by atoms with Crippen LogP contribution in [0, 0.1) is 5.82 Å². The molecule has 104 valence electrons. The van der Waals surface area contributed by atoms with Gasteiger partial charge in [0, 0.05) is 11.9 Å². The van der Waals surface area contributed by atoms with E-state index in [2.05, 4.69) is 4.98 Å². The molecule has 0 saturated carbocycles. The molecule has 0 saturated heterocycles. The highest BCUT2D eigenvalue weighted by atomic mass is 19.1. The Labute approximate surface area is 119 Å². The van der Waals surface area contributed by atoms with Crippen molar-refractivity contribution >= 4 is 27.7 Å². The maximum absolute atomic E-state index is 13.4. The van der Waals surface area contributed by atoms with Gasteiger partial charge >= 0.3 is 0 Å². The van der Waals surface area contributed by atoms with Gasteiger partial charge in [0.25, 0.3) is 0 Å². The minimum Gasteiger partial charge on any atom is -0.439 e. The molecule has 2 heterocycles. The lowest BCUT2D eigenvalue weighted by molar-refractivity contribution is 0.513. The number of rotatable bonds is 2. The summed E-state index contributed by atoms with van der Waals surface area (Å²) in [4.78, 5) is 4.42. The van der Waals surface area contributed by atoms with E-state index < -0.39 is 0 Å². The van der Waals surface area contributed by atoms with Crippen molar-refractivity contribution in [2.45, 2.75) is 6.54 Å². The monoisotopic (exact) mass is 281 g/mol. The number of oxazole rings is 1. The van der Waals surface area contributed by atoms with Crippen LogP contribution in [0.5, 0.6) is 0 Å². The van der Waals surface area contributed by atoms with Crippen LogP contribution in [0.3, 0.4) is 0 Å². The molecule has 0 radical (unpaired) electrons. The van der Waals surface area contributed by atoms with E-state index in [-0.39, 0.29) is 5.82 Å². The van der Waals surface area contributed by atoms with Crippen molar-refractivity contribution in [1.29, 1.82) is 0 Å².